The van der Waals surface area contributed by atoms with Gasteiger partial charge in [0.05, 0.1) is 0 Å². The van der Waals surface area contributed by atoms with Crippen LogP contribution in [0.25, 0.3) is 0 Å². The molecule has 1 amide bonds. The monoisotopic (exact) mass is 400 g/mol. The number of carbonyl (C=O) groups is 1. The molecule has 0 aliphatic heterocycles. The Morgan fingerprint density at radius 1 is 1.00 bits per heavy atom. The molecule has 0 fully saturated rings. The van der Waals surface area contributed by atoms with E-state index in [1.165, 1.54) is 36.4 Å². The Kier molecular flexibility index (Phi) is 6.39. The van der Waals surface area contributed by atoms with Gasteiger partial charge in [0.1, 0.15) is 17.7 Å². The topological polar surface area (TPSA) is 32.3 Å². The Morgan fingerprint density at radius 2 is 1.68 bits per heavy atom. The summed E-state index contributed by atoms with van der Waals surface area (Å²) in [5.74, 6) is -1.12. The second-order valence-corrected chi connectivity index (χ2v) is 6.83. The van der Waals surface area contributed by atoms with E-state index in [4.69, 9.17) is 11.6 Å². The standard InChI is InChI=1S/C22H19ClF2N2O/c1-27(14-18-19(23)8-5-9-20(18)25)21(15-6-3-2-4-7-15)22(28)26-17-12-10-16(24)11-13-17/h2-13,21H,14H2,1H3,(H,26,28)/t21-/m0/s1. The van der Waals surface area contributed by atoms with Gasteiger partial charge in [-0.1, -0.05) is 48.0 Å². The average Bonchev–Trinajstić information content (AvgIpc) is 2.68. The Morgan fingerprint density at radius 3 is 2.32 bits per heavy atom. The fourth-order valence-electron chi connectivity index (χ4n) is 3.01. The number of hydrogen-bond donors (Lipinski definition) is 1. The van der Waals surface area contributed by atoms with E-state index in [0.29, 0.717) is 16.3 Å². The van der Waals surface area contributed by atoms with Crippen LogP contribution in [0.15, 0.2) is 72.8 Å². The van der Waals surface area contributed by atoms with Crippen LogP contribution in [-0.2, 0) is 11.3 Å². The van der Waals surface area contributed by atoms with E-state index in [2.05, 4.69) is 5.32 Å². The number of nitrogens with one attached hydrogen (secondary N) is 1. The highest BCUT2D eigenvalue weighted by Gasteiger charge is 2.26. The van der Waals surface area contributed by atoms with Crippen LogP contribution >= 0.6 is 11.6 Å². The third-order valence-electron chi connectivity index (χ3n) is 4.39. The lowest BCUT2D eigenvalue weighted by Gasteiger charge is -2.28. The van der Waals surface area contributed by atoms with Crippen molar-refractivity contribution in [3.8, 4) is 0 Å². The van der Waals surface area contributed by atoms with Crippen LogP contribution in [0.5, 0.6) is 0 Å². The van der Waals surface area contributed by atoms with Gasteiger partial charge in [0.2, 0.25) is 5.91 Å². The van der Waals surface area contributed by atoms with Crippen molar-refractivity contribution in [2.24, 2.45) is 0 Å². The summed E-state index contributed by atoms with van der Waals surface area (Å²) in [4.78, 5) is 14.7. The quantitative estimate of drug-likeness (QED) is 0.598. The van der Waals surface area contributed by atoms with E-state index in [0.717, 1.165) is 5.56 Å². The molecule has 0 aromatic heterocycles. The lowest BCUT2D eigenvalue weighted by molar-refractivity contribution is -0.121. The molecule has 1 N–H and O–H groups in total. The summed E-state index contributed by atoms with van der Waals surface area (Å²) in [6.07, 6.45) is 0. The Bertz CT molecular complexity index is 928. The van der Waals surface area contributed by atoms with Crippen LogP contribution in [0.1, 0.15) is 17.2 Å². The minimum Gasteiger partial charge on any atom is -0.324 e. The van der Waals surface area contributed by atoms with Crippen molar-refractivity contribution < 1.29 is 13.6 Å². The summed E-state index contributed by atoms with van der Waals surface area (Å²) in [5, 5.41) is 3.09. The fourth-order valence-corrected chi connectivity index (χ4v) is 3.23. The van der Waals surface area contributed by atoms with E-state index in [1.807, 2.05) is 30.3 Å². The van der Waals surface area contributed by atoms with Crippen molar-refractivity contribution in [3.63, 3.8) is 0 Å². The molecule has 3 aromatic rings. The molecule has 6 heteroatoms. The maximum absolute atomic E-state index is 14.2. The number of nitrogens with zero attached hydrogens (tertiary/aromatic N) is 1. The Balaban J connectivity index is 1.88. The highest BCUT2D eigenvalue weighted by atomic mass is 35.5. The molecule has 3 nitrogen and oxygen atoms in total. The van der Waals surface area contributed by atoms with Crippen molar-refractivity contribution in [3.05, 3.63) is 101 Å². The molecule has 3 rings (SSSR count). The van der Waals surface area contributed by atoms with Crippen LogP contribution in [-0.4, -0.2) is 17.9 Å². The van der Waals surface area contributed by atoms with Crippen molar-refractivity contribution in [1.82, 2.24) is 4.90 Å². The van der Waals surface area contributed by atoms with E-state index in [9.17, 15) is 13.6 Å². The fraction of sp³-hybridized carbons (Fsp3) is 0.136. The van der Waals surface area contributed by atoms with E-state index in [1.54, 1.807) is 18.0 Å². The number of hydrogen-bond acceptors (Lipinski definition) is 2. The van der Waals surface area contributed by atoms with Crippen LogP contribution in [0.2, 0.25) is 5.02 Å². The first-order chi connectivity index (χ1) is 13.5. The number of carbonyl (C=O) groups excluding carboxylic acids is 1. The molecular formula is C22H19ClF2N2O. The van der Waals surface area contributed by atoms with Crippen LogP contribution in [0, 0.1) is 11.6 Å². The third kappa shape index (κ3) is 4.74. The number of benzene rings is 3. The third-order valence-corrected chi connectivity index (χ3v) is 4.74. The second-order valence-electron chi connectivity index (χ2n) is 6.42. The van der Waals surface area contributed by atoms with Gasteiger partial charge >= 0.3 is 0 Å². The highest BCUT2D eigenvalue weighted by molar-refractivity contribution is 6.31. The van der Waals surface area contributed by atoms with Crippen molar-refractivity contribution >= 4 is 23.2 Å². The molecule has 144 valence electrons. The van der Waals surface area contributed by atoms with Crippen molar-refractivity contribution in [2.75, 3.05) is 12.4 Å². The van der Waals surface area contributed by atoms with Gasteiger partial charge in [-0.15, -0.1) is 0 Å². The minimum atomic E-state index is -0.693. The zero-order chi connectivity index (χ0) is 20.1. The maximum Gasteiger partial charge on any atom is 0.246 e. The molecule has 0 aliphatic rings. The Labute approximate surface area is 167 Å². The first-order valence-corrected chi connectivity index (χ1v) is 9.08. The van der Waals surface area contributed by atoms with Crippen molar-refractivity contribution in [2.45, 2.75) is 12.6 Å². The summed E-state index contributed by atoms with van der Waals surface area (Å²) in [5.41, 5.74) is 1.55. The minimum absolute atomic E-state index is 0.141. The molecule has 0 heterocycles. The summed E-state index contributed by atoms with van der Waals surface area (Å²) in [7, 11) is 1.73. The summed E-state index contributed by atoms with van der Waals surface area (Å²) in [6.45, 7) is 0.141. The molecule has 0 unspecified atom stereocenters. The maximum atomic E-state index is 14.2. The van der Waals surface area contributed by atoms with Gasteiger partial charge in [-0.05, 0) is 49.0 Å². The van der Waals surface area contributed by atoms with E-state index < -0.39 is 11.9 Å². The van der Waals surface area contributed by atoms with Gasteiger partial charge in [-0.3, -0.25) is 9.69 Å². The number of halogens is 3. The highest BCUT2D eigenvalue weighted by Crippen LogP contribution is 2.27. The molecule has 0 saturated carbocycles. The summed E-state index contributed by atoms with van der Waals surface area (Å²) in [6, 6.07) is 18.5. The lowest BCUT2D eigenvalue weighted by atomic mass is 10.0. The van der Waals surface area contributed by atoms with Gasteiger partial charge in [-0.25, -0.2) is 8.78 Å². The van der Waals surface area contributed by atoms with Crippen LogP contribution in [0.4, 0.5) is 14.5 Å². The Hall–Kier alpha value is -2.76. The van der Waals surface area contributed by atoms with Crippen LogP contribution < -0.4 is 5.32 Å². The second kappa shape index (κ2) is 8.95. The molecule has 28 heavy (non-hydrogen) atoms. The SMILES string of the molecule is CN(Cc1c(F)cccc1Cl)[C@H](C(=O)Nc1ccc(F)cc1)c1ccccc1. The van der Waals surface area contributed by atoms with E-state index >= 15 is 0 Å². The smallest absolute Gasteiger partial charge is 0.246 e. The number of rotatable bonds is 6. The summed E-state index contributed by atoms with van der Waals surface area (Å²) < 4.78 is 27.3. The molecule has 3 aromatic carbocycles. The molecule has 0 bridgehead atoms. The van der Waals surface area contributed by atoms with Gasteiger partial charge in [0.15, 0.2) is 0 Å². The average molecular weight is 401 g/mol. The summed E-state index contributed by atoms with van der Waals surface area (Å²) >= 11 is 6.15. The zero-order valence-electron chi connectivity index (χ0n) is 15.2. The largest absolute Gasteiger partial charge is 0.324 e. The molecular weight excluding hydrogens is 382 g/mol. The first-order valence-electron chi connectivity index (χ1n) is 8.70. The molecule has 0 radical (unpaired) electrons. The molecule has 0 saturated heterocycles. The predicted molar refractivity (Wildman–Crippen MR) is 107 cm³/mol. The van der Waals surface area contributed by atoms with Crippen molar-refractivity contribution in [1.29, 1.82) is 0 Å². The molecule has 0 spiro atoms. The normalized spacial score (nSPS) is 12.0. The molecule has 0 aliphatic carbocycles. The molecule has 1 atom stereocenters. The van der Waals surface area contributed by atoms with Gasteiger partial charge < -0.3 is 5.32 Å². The first kappa shape index (κ1) is 20.0. The number of likely N-dealkylation sites (N-methyl/N-ethyl adjacent to an activating group) is 1. The van der Waals surface area contributed by atoms with Gasteiger partial charge in [0, 0.05) is 22.8 Å². The van der Waals surface area contributed by atoms with E-state index in [-0.39, 0.29) is 18.3 Å². The predicted octanol–water partition coefficient (Wildman–Crippen LogP) is 5.43. The zero-order valence-corrected chi connectivity index (χ0v) is 16.0. The van der Waals surface area contributed by atoms with Gasteiger partial charge in [0.25, 0.3) is 0 Å². The lowest BCUT2D eigenvalue weighted by Crippen LogP contribution is -2.34. The number of anilines is 1. The number of amides is 1. The van der Waals surface area contributed by atoms with Gasteiger partial charge in [-0.2, -0.15) is 0 Å². The van der Waals surface area contributed by atoms with Crippen LogP contribution in [0.3, 0.4) is 0 Å².